The number of aliphatic hydroxyl groups is 1. The first-order chi connectivity index (χ1) is 11.2. The van der Waals surface area contributed by atoms with Crippen molar-refractivity contribution in [3.05, 3.63) is 36.0 Å². The fourth-order valence-corrected chi connectivity index (χ4v) is 2.92. The number of aromatic nitrogens is 2. The second-order valence-electron chi connectivity index (χ2n) is 5.87. The first kappa shape index (κ1) is 15.6. The molecule has 1 fully saturated rings. The van der Waals surface area contributed by atoms with E-state index in [0.717, 1.165) is 37.0 Å². The minimum absolute atomic E-state index is 0.115. The highest BCUT2D eigenvalue weighted by Gasteiger charge is 2.23. The number of aromatic amines is 1. The fourth-order valence-electron chi connectivity index (χ4n) is 2.92. The molecule has 0 aliphatic heterocycles. The molecule has 1 aromatic carbocycles. The summed E-state index contributed by atoms with van der Waals surface area (Å²) in [7, 11) is 1.62. The number of carbonyl (C=O) groups is 1. The minimum atomic E-state index is -0.230. The summed E-state index contributed by atoms with van der Waals surface area (Å²) in [4.78, 5) is 12.5. The number of carbonyl (C=O) groups excluding carboxylic acids is 1. The molecule has 6 heteroatoms. The second kappa shape index (κ2) is 6.83. The van der Waals surface area contributed by atoms with Crippen LogP contribution in [0.25, 0.3) is 11.3 Å². The van der Waals surface area contributed by atoms with Gasteiger partial charge in [-0.15, -0.1) is 0 Å². The highest BCUT2D eigenvalue weighted by molar-refractivity contribution is 5.99. The number of benzene rings is 1. The Labute approximate surface area is 134 Å². The van der Waals surface area contributed by atoms with Gasteiger partial charge in [0.05, 0.1) is 30.7 Å². The normalized spacial score (nSPS) is 21.0. The fraction of sp³-hybridized carbons (Fsp3) is 0.412. The average molecular weight is 315 g/mol. The third kappa shape index (κ3) is 3.53. The molecule has 1 aliphatic rings. The lowest BCUT2D eigenvalue weighted by atomic mass is 9.93. The van der Waals surface area contributed by atoms with Crippen molar-refractivity contribution in [3.8, 4) is 17.0 Å². The lowest BCUT2D eigenvalue weighted by Gasteiger charge is -2.26. The number of methoxy groups -OCH3 is 1. The summed E-state index contributed by atoms with van der Waals surface area (Å²) in [6.07, 6.45) is 4.41. The molecule has 0 radical (unpaired) electrons. The summed E-state index contributed by atoms with van der Waals surface area (Å²) in [5.41, 5.74) is 2.11. The van der Waals surface area contributed by atoms with Crippen LogP contribution < -0.4 is 10.1 Å². The van der Waals surface area contributed by atoms with Gasteiger partial charge in [-0.1, -0.05) is 0 Å². The Morgan fingerprint density at radius 1 is 1.26 bits per heavy atom. The standard InChI is InChI=1S/C17H21N3O3/c1-23-14-8-2-11(3-9-14)16-15(10-18-20-16)17(22)19-12-4-6-13(21)7-5-12/h2-3,8-10,12-13,21H,4-7H2,1H3,(H,18,20)(H,19,22). The van der Waals surface area contributed by atoms with Crippen LogP contribution in [0, 0.1) is 0 Å². The van der Waals surface area contributed by atoms with Gasteiger partial charge in [-0.2, -0.15) is 5.10 Å². The molecule has 3 rings (SSSR count). The predicted octanol–water partition coefficient (Wildman–Crippen LogP) is 2.12. The third-order valence-electron chi connectivity index (χ3n) is 4.29. The van der Waals surface area contributed by atoms with Crippen molar-refractivity contribution < 1.29 is 14.6 Å². The van der Waals surface area contributed by atoms with Gasteiger partial charge in [0.1, 0.15) is 5.75 Å². The van der Waals surface area contributed by atoms with Gasteiger partial charge < -0.3 is 15.2 Å². The number of H-pyrrole nitrogens is 1. The molecule has 6 nitrogen and oxygen atoms in total. The Morgan fingerprint density at radius 3 is 2.61 bits per heavy atom. The van der Waals surface area contributed by atoms with E-state index >= 15 is 0 Å². The lowest BCUT2D eigenvalue weighted by molar-refractivity contribution is 0.0868. The maximum absolute atomic E-state index is 12.5. The molecular formula is C17H21N3O3. The molecule has 23 heavy (non-hydrogen) atoms. The van der Waals surface area contributed by atoms with E-state index in [9.17, 15) is 9.90 Å². The minimum Gasteiger partial charge on any atom is -0.497 e. The van der Waals surface area contributed by atoms with Gasteiger partial charge >= 0.3 is 0 Å². The number of rotatable bonds is 4. The Kier molecular flexibility index (Phi) is 4.62. The molecule has 1 heterocycles. The molecule has 3 N–H and O–H groups in total. The first-order valence-corrected chi connectivity index (χ1v) is 7.84. The van der Waals surface area contributed by atoms with E-state index in [1.54, 1.807) is 13.3 Å². The van der Waals surface area contributed by atoms with Gasteiger partial charge in [0.15, 0.2) is 0 Å². The molecule has 0 saturated heterocycles. The maximum atomic E-state index is 12.5. The zero-order chi connectivity index (χ0) is 16.2. The Balaban J connectivity index is 1.73. The van der Waals surface area contributed by atoms with Gasteiger partial charge in [0, 0.05) is 11.6 Å². The SMILES string of the molecule is COc1ccc(-c2[nH]ncc2C(=O)NC2CCC(O)CC2)cc1. The van der Waals surface area contributed by atoms with Gasteiger partial charge in [0.25, 0.3) is 5.91 Å². The number of ether oxygens (including phenoxy) is 1. The molecule has 0 unspecified atom stereocenters. The highest BCUT2D eigenvalue weighted by Crippen LogP contribution is 2.24. The third-order valence-corrected chi connectivity index (χ3v) is 4.29. The Bertz CT molecular complexity index is 658. The smallest absolute Gasteiger partial charge is 0.255 e. The lowest BCUT2D eigenvalue weighted by Crippen LogP contribution is -2.38. The van der Waals surface area contributed by atoms with Gasteiger partial charge in [0.2, 0.25) is 0 Å². The number of amides is 1. The van der Waals surface area contributed by atoms with Gasteiger partial charge in [-0.05, 0) is 49.9 Å². The van der Waals surface area contributed by atoms with Crippen molar-refractivity contribution in [2.75, 3.05) is 7.11 Å². The van der Waals surface area contributed by atoms with Crippen LogP contribution in [0.5, 0.6) is 5.75 Å². The van der Waals surface area contributed by atoms with Gasteiger partial charge in [-0.3, -0.25) is 9.89 Å². The molecule has 2 aromatic rings. The van der Waals surface area contributed by atoms with E-state index in [0.29, 0.717) is 11.3 Å². The molecule has 0 atom stereocenters. The Morgan fingerprint density at radius 2 is 1.96 bits per heavy atom. The highest BCUT2D eigenvalue weighted by atomic mass is 16.5. The summed E-state index contributed by atoms with van der Waals surface area (Å²) in [6, 6.07) is 7.59. The van der Waals surface area contributed by atoms with E-state index in [1.165, 1.54) is 0 Å². The van der Waals surface area contributed by atoms with E-state index in [4.69, 9.17) is 4.74 Å². The summed E-state index contributed by atoms with van der Waals surface area (Å²) >= 11 is 0. The number of nitrogens with one attached hydrogen (secondary N) is 2. The molecular weight excluding hydrogens is 294 g/mol. The molecule has 122 valence electrons. The van der Waals surface area contributed by atoms with Crippen LogP contribution in [-0.4, -0.2) is 40.5 Å². The molecule has 1 aromatic heterocycles. The Hall–Kier alpha value is -2.34. The molecule has 1 saturated carbocycles. The van der Waals surface area contributed by atoms with Crippen molar-refractivity contribution in [2.45, 2.75) is 37.8 Å². The van der Waals surface area contributed by atoms with Crippen LogP contribution in [0.15, 0.2) is 30.5 Å². The van der Waals surface area contributed by atoms with Crippen LogP contribution in [0.3, 0.4) is 0 Å². The van der Waals surface area contributed by atoms with Crippen LogP contribution in [-0.2, 0) is 0 Å². The second-order valence-corrected chi connectivity index (χ2v) is 5.87. The van der Waals surface area contributed by atoms with E-state index in [1.807, 2.05) is 24.3 Å². The molecule has 1 aliphatic carbocycles. The van der Waals surface area contributed by atoms with Crippen molar-refractivity contribution in [2.24, 2.45) is 0 Å². The summed E-state index contributed by atoms with van der Waals surface area (Å²) in [5, 5.41) is 19.5. The van der Waals surface area contributed by atoms with Gasteiger partial charge in [-0.25, -0.2) is 0 Å². The number of nitrogens with zero attached hydrogens (tertiary/aromatic N) is 1. The van der Waals surface area contributed by atoms with Crippen molar-refractivity contribution in [1.29, 1.82) is 0 Å². The molecule has 1 amide bonds. The monoisotopic (exact) mass is 315 g/mol. The topological polar surface area (TPSA) is 87.2 Å². The van der Waals surface area contributed by atoms with Crippen molar-refractivity contribution in [1.82, 2.24) is 15.5 Å². The maximum Gasteiger partial charge on any atom is 0.255 e. The first-order valence-electron chi connectivity index (χ1n) is 7.84. The molecule has 0 spiro atoms. The quantitative estimate of drug-likeness (QED) is 0.806. The van der Waals surface area contributed by atoms with Crippen LogP contribution in [0.2, 0.25) is 0 Å². The summed E-state index contributed by atoms with van der Waals surface area (Å²) < 4.78 is 5.15. The van der Waals surface area contributed by atoms with E-state index in [2.05, 4.69) is 15.5 Å². The zero-order valence-electron chi connectivity index (χ0n) is 13.1. The summed E-state index contributed by atoms with van der Waals surface area (Å²) in [5.74, 6) is 0.631. The van der Waals surface area contributed by atoms with Crippen LogP contribution in [0.1, 0.15) is 36.0 Å². The van der Waals surface area contributed by atoms with Crippen LogP contribution >= 0.6 is 0 Å². The largest absolute Gasteiger partial charge is 0.497 e. The van der Waals surface area contributed by atoms with E-state index in [-0.39, 0.29) is 18.1 Å². The average Bonchev–Trinajstić information content (AvgIpc) is 3.07. The molecule has 0 bridgehead atoms. The number of hydrogen-bond donors (Lipinski definition) is 3. The van der Waals surface area contributed by atoms with E-state index < -0.39 is 0 Å². The van der Waals surface area contributed by atoms with Crippen LogP contribution in [0.4, 0.5) is 0 Å². The predicted molar refractivity (Wildman–Crippen MR) is 86.3 cm³/mol. The van der Waals surface area contributed by atoms with Crippen molar-refractivity contribution >= 4 is 5.91 Å². The number of hydrogen-bond acceptors (Lipinski definition) is 4. The zero-order valence-corrected chi connectivity index (χ0v) is 13.1. The van der Waals surface area contributed by atoms with Crippen molar-refractivity contribution in [3.63, 3.8) is 0 Å². The number of aliphatic hydroxyl groups excluding tert-OH is 1. The summed E-state index contributed by atoms with van der Waals surface area (Å²) in [6.45, 7) is 0.